The van der Waals surface area contributed by atoms with E-state index < -0.39 is 10.0 Å². The Kier molecular flexibility index (Phi) is 4.71. The van der Waals surface area contributed by atoms with Gasteiger partial charge >= 0.3 is 0 Å². The Bertz CT molecular complexity index is 702. The third-order valence-electron chi connectivity index (χ3n) is 5.15. The Labute approximate surface area is 143 Å². The topological polar surface area (TPSA) is 75.7 Å². The number of rotatable bonds is 6. The average Bonchev–Trinajstić information content (AvgIpc) is 3.14. The molecule has 0 aliphatic heterocycles. The fourth-order valence-corrected chi connectivity index (χ4v) is 4.27. The second kappa shape index (κ2) is 6.63. The van der Waals surface area contributed by atoms with Crippen molar-refractivity contribution in [2.45, 2.75) is 31.7 Å². The van der Waals surface area contributed by atoms with Crippen molar-refractivity contribution in [3.8, 4) is 5.75 Å². The quantitative estimate of drug-likeness (QED) is 0.846. The second-order valence-corrected chi connectivity index (χ2v) is 8.88. The first-order chi connectivity index (χ1) is 11.3. The molecule has 24 heavy (non-hydrogen) atoms. The van der Waals surface area contributed by atoms with E-state index in [0.717, 1.165) is 18.6 Å². The molecule has 0 aromatic heterocycles. The number of nitrogens with zero attached hydrogens (tertiary/aromatic N) is 1. The predicted octanol–water partition coefficient (Wildman–Crippen LogP) is 1.77. The van der Waals surface area contributed by atoms with Crippen LogP contribution in [0.1, 0.15) is 25.7 Å². The molecule has 1 amide bonds. The minimum atomic E-state index is -3.28. The van der Waals surface area contributed by atoms with E-state index >= 15 is 0 Å². The van der Waals surface area contributed by atoms with E-state index in [4.69, 9.17) is 4.74 Å². The number of fused-ring (bicyclic) bond motifs is 2. The zero-order valence-electron chi connectivity index (χ0n) is 14.1. The van der Waals surface area contributed by atoms with Crippen LogP contribution in [0, 0.1) is 11.8 Å². The van der Waals surface area contributed by atoms with Gasteiger partial charge in [0, 0.05) is 13.1 Å². The van der Waals surface area contributed by atoms with Gasteiger partial charge in [0.15, 0.2) is 6.61 Å². The number of hydrogen-bond acceptors (Lipinski definition) is 4. The van der Waals surface area contributed by atoms with Gasteiger partial charge < -0.3 is 10.1 Å². The standard InChI is InChI=1S/C17H24N2O4S/c1-19(24(2,21)22)14-5-7-15(8-6-14)23-11-17(20)18-16-10-12-3-4-13(16)9-12/h5-8,12-13,16H,3-4,9-11H2,1-2H3,(H,18,20)/t12-,13-,16-/m0/s1. The molecule has 1 aromatic rings. The molecule has 2 aliphatic carbocycles. The van der Waals surface area contributed by atoms with Crippen LogP contribution in [0.4, 0.5) is 5.69 Å². The van der Waals surface area contributed by atoms with Crippen LogP contribution < -0.4 is 14.4 Å². The van der Waals surface area contributed by atoms with Crippen LogP contribution in [0.15, 0.2) is 24.3 Å². The summed E-state index contributed by atoms with van der Waals surface area (Å²) in [6.45, 7) is -0.0187. The Balaban J connectivity index is 1.49. The van der Waals surface area contributed by atoms with Gasteiger partial charge in [0.05, 0.1) is 11.9 Å². The Morgan fingerprint density at radius 3 is 2.50 bits per heavy atom. The summed E-state index contributed by atoms with van der Waals surface area (Å²) >= 11 is 0. The first kappa shape index (κ1) is 17.1. The van der Waals surface area contributed by atoms with Crippen LogP contribution >= 0.6 is 0 Å². The first-order valence-electron chi connectivity index (χ1n) is 8.29. The van der Waals surface area contributed by atoms with Crippen molar-refractivity contribution >= 4 is 21.6 Å². The van der Waals surface area contributed by atoms with E-state index in [-0.39, 0.29) is 12.5 Å². The highest BCUT2D eigenvalue weighted by molar-refractivity contribution is 7.92. The fourth-order valence-electron chi connectivity index (χ4n) is 3.76. The predicted molar refractivity (Wildman–Crippen MR) is 92.6 cm³/mol. The van der Waals surface area contributed by atoms with E-state index in [9.17, 15) is 13.2 Å². The zero-order chi connectivity index (χ0) is 17.3. The van der Waals surface area contributed by atoms with Crippen molar-refractivity contribution in [3.63, 3.8) is 0 Å². The van der Waals surface area contributed by atoms with Crippen molar-refractivity contribution in [3.05, 3.63) is 24.3 Å². The van der Waals surface area contributed by atoms with E-state index in [1.165, 1.54) is 30.6 Å². The molecule has 0 heterocycles. The molecule has 1 aromatic carbocycles. The van der Waals surface area contributed by atoms with Crippen LogP contribution in [0.5, 0.6) is 5.75 Å². The molecule has 3 rings (SSSR count). The molecular weight excluding hydrogens is 328 g/mol. The minimum Gasteiger partial charge on any atom is -0.484 e. The van der Waals surface area contributed by atoms with Crippen molar-refractivity contribution in [1.82, 2.24) is 5.32 Å². The third kappa shape index (κ3) is 3.83. The number of ether oxygens (including phenoxy) is 1. The molecule has 1 N–H and O–H groups in total. The highest BCUT2D eigenvalue weighted by Gasteiger charge is 2.40. The zero-order valence-corrected chi connectivity index (χ0v) is 14.9. The summed E-state index contributed by atoms with van der Waals surface area (Å²) in [5.74, 6) is 1.89. The summed E-state index contributed by atoms with van der Waals surface area (Å²) in [5.41, 5.74) is 0.552. The Morgan fingerprint density at radius 2 is 1.96 bits per heavy atom. The minimum absolute atomic E-state index is 0.0187. The number of hydrogen-bond donors (Lipinski definition) is 1. The molecule has 0 saturated heterocycles. The van der Waals surface area contributed by atoms with Crippen LogP contribution in [0.25, 0.3) is 0 Å². The average molecular weight is 352 g/mol. The number of carbonyl (C=O) groups excluding carboxylic acids is 1. The summed E-state index contributed by atoms with van der Waals surface area (Å²) in [6, 6.07) is 6.96. The lowest BCUT2D eigenvalue weighted by Gasteiger charge is -2.22. The summed E-state index contributed by atoms with van der Waals surface area (Å²) in [7, 11) is -1.79. The van der Waals surface area contributed by atoms with Gasteiger partial charge in [-0.3, -0.25) is 9.10 Å². The van der Waals surface area contributed by atoms with E-state index in [1.807, 2.05) is 0 Å². The molecule has 6 nitrogen and oxygen atoms in total. The maximum absolute atomic E-state index is 12.0. The molecule has 2 aliphatic rings. The first-order valence-corrected chi connectivity index (χ1v) is 10.1. The highest BCUT2D eigenvalue weighted by Crippen LogP contribution is 2.44. The van der Waals surface area contributed by atoms with Crippen LogP contribution in [-0.2, 0) is 14.8 Å². The Hall–Kier alpha value is -1.76. The van der Waals surface area contributed by atoms with Crippen molar-refractivity contribution in [2.24, 2.45) is 11.8 Å². The summed E-state index contributed by atoms with van der Waals surface area (Å²) < 4.78 is 29.7. The van der Waals surface area contributed by atoms with E-state index in [2.05, 4.69) is 5.32 Å². The lowest BCUT2D eigenvalue weighted by atomic mass is 9.95. The van der Waals surface area contributed by atoms with Crippen LogP contribution in [-0.4, -0.2) is 40.3 Å². The molecule has 2 saturated carbocycles. The number of carbonyl (C=O) groups is 1. The van der Waals surface area contributed by atoms with E-state index in [0.29, 0.717) is 23.4 Å². The van der Waals surface area contributed by atoms with Gasteiger partial charge in [0.1, 0.15) is 5.75 Å². The lowest BCUT2D eigenvalue weighted by Crippen LogP contribution is -2.40. The number of sulfonamides is 1. The van der Waals surface area contributed by atoms with Crippen molar-refractivity contribution in [1.29, 1.82) is 0 Å². The number of amides is 1. The monoisotopic (exact) mass is 352 g/mol. The second-order valence-electron chi connectivity index (χ2n) is 6.86. The van der Waals surface area contributed by atoms with Gasteiger partial charge in [-0.2, -0.15) is 0 Å². The maximum Gasteiger partial charge on any atom is 0.258 e. The largest absolute Gasteiger partial charge is 0.484 e. The number of nitrogens with one attached hydrogen (secondary N) is 1. The maximum atomic E-state index is 12.0. The molecule has 0 unspecified atom stereocenters. The normalized spacial score (nSPS) is 25.5. The number of anilines is 1. The Morgan fingerprint density at radius 1 is 1.25 bits per heavy atom. The highest BCUT2D eigenvalue weighted by atomic mass is 32.2. The molecule has 0 spiro atoms. The summed E-state index contributed by atoms with van der Waals surface area (Å²) in [6.07, 6.45) is 6.04. The van der Waals surface area contributed by atoms with Gasteiger partial charge in [-0.05, 0) is 55.4 Å². The molecule has 0 radical (unpaired) electrons. The molecule has 132 valence electrons. The van der Waals surface area contributed by atoms with Gasteiger partial charge in [-0.15, -0.1) is 0 Å². The van der Waals surface area contributed by atoms with Gasteiger partial charge in [-0.1, -0.05) is 6.42 Å². The number of benzene rings is 1. The van der Waals surface area contributed by atoms with E-state index in [1.54, 1.807) is 24.3 Å². The van der Waals surface area contributed by atoms with Crippen molar-refractivity contribution in [2.75, 3.05) is 24.2 Å². The molecule has 7 heteroatoms. The molecule has 3 atom stereocenters. The van der Waals surface area contributed by atoms with Crippen LogP contribution in [0.3, 0.4) is 0 Å². The third-order valence-corrected chi connectivity index (χ3v) is 6.36. The van der Waals surface area contributed by atoms with Crippen LogP contribution in [0.2, 0.25) is 0 Å². The molecular formula is C17H24N2O4S. The summed E-state index contributed by atoms with van der Waals surface area (Å²) in [4.78, 5) is 12.0. The van der Waals surface area contributed by atoms with Gasteiger partial charge in [-0.25, -0.2) is 8.42 Å². The van der Waals surface area contributed by atoms with Gasteiger partial charge in [0.25, 0.3) is 5.91 Å². The smallest absolute Gasteiger partial charge is 0.258 e. The lowest BCUT2D eigenvalue weighted by molar-refractivity contribution is -0.124. The van der Waals surface area contributed by atoms with Crippen molar-refractivity contribution < 1.29 is 17.9 Å². The SMILES string of the molecule is CN(c1ccc(OCC(=O)N[C@H]2C[C@H]3CC[C@H]2C3)cc1)S(C)(=O)=O. The summed E-state index contributed by atoms with van der Waals surface area (Å²) in [5, 5.41) is 3.08. The van der Waals surface area contributed by atoms with Gasteiger partial charge in [0.2, 0.25) is 10.0 Å². The molecule has 2 fully saturated rings. The molecule has 2 bridgehead atoms. The fraction of sp³-hybridized carbons (Fsp3) is 0.588.